The fraction of sp³-hybridized carbons (Fsp3) is 0.571. The second-order valence-corrected chi connectivity index (χ2v) is 4.13. The summed E-state index contributed by atoms with van der Waals surface area (Å²) in [4.78, 5) is 0. The first-order valence-electron chi connectivity index (χ1n) is 6.06. The van der Waals surface area contributed by atoms with Crippen molar-refractivity contribution >= 4 is 0 Å². The second kappa shape index (κ2) is 7.47. The van der Waals surface area contributed by atoms with Crippen LogP contribution < -0.4 is 5.73 Å². The average molecular weight is 204 g/mol. The summed E-state index contributed by atoms with van der Waals surface area (Å²) in [6.45, 7) is 2.24. The molecule has 0 fully saturated rings. The van der Waals surface area contributed by atoms with E-state index in [1.807, 2.05) is 18.2 Å². The molecule has 0 aliphatic carbocycles. The quantitative estimate of drug-likeness (QED) is 0.671. The minimum absolute atomic E-state index is 0.174. The summed E-state index contributed by atoms with van der Waals surface area (Å²) in [5.41, 5.74) is 7.22. The highest BCUT2D eigenvalue weighted by Gasteiger charge is 2.04. The predicted octanol–water partition coefficient (Wildman–Crippen LogP) is 3.85. The Kier molecular flexibility index (Phi) is 6.10. The zero-order valence-electron chi connectivity index (χ0n) is 9.71. The Labute approximate surface area is 93.7 Å². The lowest BCUT2D eigenvalue weighted by Crippen LogP contribution is -2.09. The summed E-state index contributed by atoms with van der Waals surface area (Å²) < 4.78 is 0. The van der Waals surface area contributed by atoms with Gasteiger partial charge >= 0.3 is 0 Å². The number of unbranched alkanes of at least 4 members (excludes halogenated alkanes) is 4. The molecule has 83 valence electrons. The number of benzene rings is 1. The van der Waals surface area contributed by atoms with Gasteiger partial charge in [-0.25, -0.2) is 0 Å². The molecule has 1 aromatic carbocycles. The third-order valence-electron chi connectivity index (χ3n) is 2.75. The molecular weight excluding hydrogens is 182 g/mol. The lowest BCUT2D eigenvalue weighted by atomic mass is 10.0. The Morgan fingerprint density at radius 2 is 2.00 bits per heavy atom. The molecule has 0 heterocycles. The number of hydrogen-bond acceptors (Lipinski definition) is 1. The SMILES string of the molecule is CCCCCCCC(N)c1[c]cccc1. The van der Waals surface area contributed by atoms with Crippen LogP contribution in [0.1, 0.15) is 57.1 Å². The van der Waals surface area contributed by atoms with Crippen molar-refractivity contribution in [3.8, 4) is 0 Å². The van der Waals surface area contributed by atoms with Crippen molar-refractivity contribution in [2.45, 2.75) is 51.5 Å². The van der Waals surface area contributed by atoms with Crippen LogP contribution in [0.4, 0.5) is 0 Å². The number of rotatable bonds is 7. The lowest BCUT2D eigenvalue weighted by molar-refractivity contribution is 0.555. The van der Waals surface area contributed by atoms with Crippen LogP contribution in [0.5, 0.6) is 0 Å². The van der Waals surface area contributed by atoms with E-state index in [1.54, 1.807) is 0 Å². The monoisotopic (exact) mass is 204 g/mol. The van der Waals surface area contributed by atoms with Crippen molar-refractivity contribution in [2.24, 2.45) is 5.73 Å². The predicted molar refractivity (Wildman–Crippen MR) is 65.6 cm³/mol. The van der Waals surface area contributed by atoms with E-state index in [9.17, 15) is 0 Å². The minimum Gasteiger partial charge on any atom is -0.324 e. The first kappa shape index (κ1) is 12.3. The van der Waals surface area contributed by atoms with E-state index in [2.05, 4.69) is 19.1 Å². The van der Waals surface area contributed by atoms with Crippen LogP contribution in [0.3, 0.4) is 0 Å². The highest BCUT2D eigenvalue weighted by molar-refractivity contribution is 5.16. The van der Waals surface area contributed by atoms with Gasteiger partial charge in [-0.05, 0) is 18.1 Å². The maximum atomic E-state index is 6.08. The van der Waals surface area contributed by atoms with Gasteiger partial charge < -0.3 is 5.73 Å². The summed E-state index contributed by atoms with van der Waals surface area (Å²) in [5, 5.41) is 0. The zero-order valence-corrected chi connectivity index (χ0v) is 9.71. The van der Waals surface area contributed by atoms with Crippen LogP contribution in [0.15, 0.2) is 24.3 Å². The molecule has 1 aromatic rings. The molecule has 1 unspecified atom stereocenters. The molecule has 2 N–H and O–H groups in total. The molecule has 0 aliphatic rings. The Morgan fingerprint density at radius 1 is 1.20 bits per heavy atom. The van der Waals surface area contributed by atoms with Crippen molar-refractivity contribution < 1.29 is 0 Å². The van der Waals surface area contributed by atoms with Crippen LogP contribution in [0.2, 0.25) is 0 Å². The van der Waals surface area contributed by atoms with Gasteiger partial charge in [-0.3, -0.25) is 0 Å². The third-order valence-corrected chi connectivity index (χ3v) is 2.75. The van der Waals surface area contributed by atoms with Gasteiger partial charge in [0.15, 0.2) is 0 Å². The zero-order chi connectivity index (χ0) is 10.9. The summed E-state index contributed by atoms with van der Waals surface area (Å²) >= 11 is 0. The van der Waals surface area contributed by atoms with Crippen molar-refractivity contribution in [3.05, 3.63) is 35.9 Å². The topological polar surface area (TPSA) is 26.0 Å². The van der Waals surface area contributed by atoms with Gasteiger partial charge in [-0.15, -0.1) is 0 Å². The van der Waals surface area contributed by atoms with E-state index in [0.29, 0.717) is 0 Å². The average Bonchev–Trinajstić information content (AvgIpc) is 2.30. The van der Waals surface area contributed by atoms with Crippen LogP contribution in [-0.4, -0.2) is 0 Å². The van der Waals surface area contributed by atoms with E-state index >= 15 is 0 Å². The minimum atomic E-state index is 0.174. The molecule has 0 aromatic heterocycles. The van der Waals surface area contributed by atoms with E-state index in [0.717, 1.165) is 12.0 Å². The molecule has 0 saturated carbocycles. The molecule has 15 heavy (non-hydrogen) atoms. The summed E-state index contributed by atoms with van der Waals surface area (Å²) in [7, 11) is 0. The Balaban J connectivity index is 2.16. The molecule has 0 saturated heterocycles. The van der Waals surface area contributed by atoms with Gasteiger partial charge in [0.1, 0.15) is 0 Å². The molecule has 1 nitrogen and oxygen atoms in total. The van der Waals surface area contributed by atoms with Gasteiger partial charge in [0.2, 0.25) is 0 Å². The van der Waals surface area contributed by atoms with Crippen LogP contribution >= 0.6 is 0 Å². The van der Waals surface area contributed by atoms with Crippen LogP contribution in [-0.2, 0) is 0 Å². The third kappa shape index (κ3) is 4.98. The fourth-order valence-electron chi connectivity index (χ4n) is 1.76. The number of hydrogen-bond donors (Lipinski definition) is 1. The fourth-order valence-corrected chi connectivity index (χ4v) is 1.76. The smallest absolute Gasteiger partial charge is 0.0301 e. The molecule has 0 bridgehead atoms. The maximum Gasteiger partial charge on any atom is 0.0301 e. The normalized spacial score (nSPS) is 12.7. The van der Waals surface area contributed by atoms with E-state index in [1.165, 1.54) is 32.1 Å². The van der Waals surface area contributed by atoms with Crippen molar-refractivity contribution in [1.82, 2.24) is 0 Å². The van der Waals surface area contributed by atoms with Crippen LogP contribution in [0, 0.1) is 6.07 Å². The molecule has 1 atom stereocenters. The first-order valence-corrected chi connectivity index (χ1v) is 6.06. The van der Waals surface area contributed by atoms with Crippen molar-refractivity contribution in [2.75, 3.05) is 0 Å². The van der Waals surface area contributed by atoms with Crippen molar-refractivity contribution in [1.29, 1.82) is 0 Å². The molecule has 0 aliphatic heterocycles. The van der Waals surface area contributed by atoms with Gasteiger partial charge in [0.25, 0.3) is 0 Å². The lowest BCUT2D eigenvalue weighted by Gasteiger charge is -2.10. The molecule has 1 rings (SSSR count). The highest BCUT2D eigenvalue weighted by atomic mass is 14.6. The maximum absolute atomic E-state index is 6.08. The second-order valence-electron chi connectivity index (χ2n) is 4.13. The molecular formula is C14H22N. The van der Waals surface area contributed by atoms with Gasteiger partial charge in [0, 0.05) is 6.04 Å². The Morgan fingerprint density at radius 3 is 2.67 bits per heavy atom. The Bertz CT molecular complexity index is 243. The summed E-state index contributed by atoms with van der Waals surface area (Å²) in [6, 6.07) is 11.4. The van der Waals surface area contributed by atoms with Crippen LogP contribution in [0.25, 0.3) is 0 Å². The first-order chi connectivity index (χ1) is 7.34. The molecule has 1 heteroatoms. The highest BCUT2D eigenvalue weighted by Crippen LogP contribution is 2.16. The van der Waals surface area contributed by atoms with E-state index in [-0.39, 0.29) is 6.04 Å². The standard InChI is InChI=1S/C14H22N/c1-2-3-4-5-9-12-14(15)13-10-7-6-8-11-13/h6-8,10,14H,2-5,9,12,15H2,1H3. The van der Waals surface area contributed by atoms with Gasteiger partial charge in [0.05, 0.1) is 0 Å². The number of nitrogens with two attached hydrogens (primary N) is 1. The van der Waals surface area contributed by atoms with Crippen molar-refractivity contribution in [3.63, 3.8) is 0 Å². The van der Waals surface area contributed by atoms with Gasteiger partial charge in [-0.1, -0.05) is 63.3 Å². The summed E-state index contributed by atoms with van der Waals surface area (Å²) in [5.74, 6) is 0. The largest absolute Gasteiger partial charge is 0.324 e. The molecule has 0 spiro atoms. The Hall–Kier alpha value is -0.820. The molecule has 0 amide bonds. The van der Waals surface area contributed by atoms with E-state index in [4.69, 9.17) is 5.73 Å². The van der Waals surface area contributed by atoms with E-state index < -0.39 is 0 Å². The molecule has 1 radical (unpaired) electrons. The summed E-state index contributed by atoms with van der Waals surface area (Å²) in [6.07, 6.45) is 7.65. The van der Waals surface area contributed by atoms with Gasteiger partial charge in [-0.2, -0.15) is 0 Å².